The Hall–Kier alpha value is -3.68. The summed E-state index contributed by atoms with van der Waals surface area (Å²) in [4.78, 5) is 15.2. The van der Waals surface area contributed by atoms with Crippen molar-refractivity contribution in [2.45, 2.75) is 18.2 Å². The van der Waals surface area contributed by atoms with Crippen LogP contribution in [-0.2, 0) is 16.4 Å². The highest BCUT2D eigenvalue weighted by molar-refractivity contribution is 7.90. The molecule has 2 aromatic carbocycles. The molecular formula is C21H19N5O3S2. The smallest absolute Gasteiger partial charge is 0.326 e. The van der Waals surface area contributed by atoms with Crippen molar-refractivity contribution in [2.24, 2.45) is 5.73 Å². The molecule has 31 heavy (non-hydrogen) atoms. The van der Waals surface area contributed by atoms with Crippen molar-refractivity contribution in [3.63, 3.8) is 0 Å². The van der Waals surface area contributed by atoms with E-state index in [2.05, 4.69) is 35.4 Å². The van der Waals surface area contributed by atoms with Crippen LogP contribution in [0.15, 0.2) is 65.0 Å². The average molecular weight is 454 g/mol. The maximum atomic E-state index is 11.9. The molecule has 10 heteroatoms. The standard InChI is InChI=1S/C21H19N5O3S2/c1-2-14-3-5-15(6-4-14)19-13-30-20(25-19)16(11-22)12-24-17-7-9-18(10-8-17)31(28,29)26-21(23)27/h3-10,12-13,24H,2H2,1H3,(H3,23,26,27)/b16-12-. The number of nitrogens with two attached hydrogens (primary N) is 1. The Balaban J connectivity index is 1.75. The quantitative estimate of drug-likeness (QED) is 0.466. The molecule has 0 bridgehead atoms. The number of allylic oxidation sites excluding steroid dienone is 1. The minimum atomic E-state index is -4.01. The number of primary amides is 1. The van der Waals surface area contributed by atoms with Crippen LogP contribution in [0.5, 0.6) is 0 Å². The Morgan fingerprint density at radius 2 is 1.87 bits per heavy atom. The van der Waals surface area contributed by atoms with Crippen molar-refractivity contribution in [2.75, 3.05) is 5.32 Å². The van der Waals surface area contributed by atoms with Gasteiger partial charge >= 0.3 is 6.03 Å². The van der Waals surface area contributed by atoms with E-state index in [4.69, 9.17) is 5.73 Å². The third kappa shape index (κ3) is 5.48. The largest absolute Gasteiger partial charge is 0.360 e. The first-order chi connectivity index (χ1) is 14.8. The van der Waals surface area contributed by atoms with Crippen molar-refractivity contribution in [1.82, 2.24) is 9.71 Å². The fourth-order valence-electron chi connectivity index (χ4n) is 2.66. The number of nitrogens with one attached hydrogen (secondary N) is 2. The first-order valence-electron chi connectivity index (χ1n) is 9.16. The number of aromatic nitrogens is 1. The molecule has 1 aromatic heterocycles. The van der Waals surface area contributed by atoms with Gasteiger partial charge in [-0.3, -0.25) is 0 Å². The Kier molecular flexibility index (Phi) is 6.69. The van der Waals surface area contributed by atoms with Crippen molar-refractivity contribution >= 4 is 38.7 Å². The van der Waals surface area contributed by atoms with Crippen LogP contribution in [0.1, 0.15) is 17.5 Å². The van der Waals surface area contributed by atoms with E-state index >= 15 is 0 Å². The van der Waals surface area contributed by atoms with E-state index in [0.717, 1.165) is 17.7 Å². The van der Waals surface area contributed by atoms with Crippen LogP contribution in [0.3, 0.4) is 0 Å². The van der Waals surface area contributed by atoms with Gasteiger partial charge in [0, 0.05) is 22.8 Å². The molecule has 0 aliphatic rings. The molecule has 0 unspecified atom stereocenters. The van der Waals surface area contributed by atoms with Gasteiger partial charge in [0.05, 0.1) is 10.6 Å². The van der Waals surface area contributed by atoms with Crippen LogP contribution >= 0.6 is 11.3 Å². The van der Waals surface area contributed by atoms with Gasteiger partial charge in [-0.05, 0) is 36.2 Å². The second kappa shape index (κ2) is 9.42. The van der Waals surface area contributed by atoms with Crippen LogP contribution in [0, 0.1) is 11.3 Å². The summed E-state index contributed by atoms with van der Waals surface area (Å²) in [6.45, 7) is 2.09. The number of hydrogen-bond donors (Lipinski definition) is 3. The Bertz CT molecular complexity index is 1260. The first-order valence-corrected chi connectivity index (χ1v) is 11.5. The lowest BCUT2D eigenvalue weighted by molar-refractivity contribution is 0.253. The zero-order valence-electron chi connectivity index (χ0n) is 16.5. The number of nitrogens with zero attached hydrogens (tertiary/aromatic N) is 2. The molecule has 0 fully saturated rings. The normalized spacial score (nSPS) is 11.5. The number of carbonyl (C=O) groups is 1. The summed E-state index contributed by atoms with van der Waals surface area (Å²) in [5.74, 6) is 0. The second-order valence-corrected chi connectivity index (χ2v) is 8.94. The molecule has 4 N–H and O–H groups in total. The molecule has 0 saturated heterocycles. The summed E-state index contributed by atoms with van der Waals surface area (Å²) in [6, 6.07) is 14.7. The number of urea groups is 1. The van der Waals surface area contributed by atoms with Crippen molar-refractivity contribution in [3.8, 4) is 17.3 Å². The van der Waals surface area contributed by atoms with E-state index in [1.807, 2.05) is 17.5 Å². The summed E-state index contributed by atoms with van der Waals surface area (Å²) in [6.07, 6.45) is 2.47. The molecular weight excluding hydrogens is 434 g/mol. The number of rotatable bonds is 7. The van der Waals surface area contributed by atoms with Crippen LogP contribution < -0.4 is 15.8 Å². The van der Waals surface area contributed by atoms with Gasteiger partial charge in [-0.25, -0.2) is 22.9 Å². The van der Waals surface area contributed by atoms with Gasteiger partial charge in [0.25, 0.3) is 10.0 Å². The summed E-state index contributed by atoms with van der Waals surface area (Å²) in [5.41, 5.74) is 8.77. The van der Waals surface area contributed by atoms with Crippen LogP contribution in [0.25, 0.3) is 16.8 Å². The number of benzene rings is 2. The Morgan fingerprint density at radius 1 is 1.19 bits per heavy atom. The summed E-state index contributed by atoms with van der Waals surface area (Å²) in [7, 11) is -4.01. The molecule has 0 saturated carbocycles. The predicted octanol–water partition coefficient (Wildman–Crippen LogP) is 3.71. The third-order valence-corrected chi connectivity index (χ3v) is 6.53. The number of sulfonamides is 1. The molecule has 158 valence electrons. The molecule has 1 heterocycles. The maximum Gasteiger partial charge on any atom is 0.326 e. The molecule has 3 rings (SSSR count). The highest BCUT2D eigenvalue weighted by atomic mass is 32.2. The maximum absolute atomic E-state index is 11.9. The summed E-state index contributed by atoms with van der Waals surface area (Å²) in [5, 5.41) is 14.9. The van der Waals surface area contributed by atoms with Gasteiger partial charge in [-0.15, -0.1) is 11.3 Å². The second-order valence-electron chi connectivity index (χ2n) is 6.40. The van der Waals surface area contributed by atoms with Crippen molar-refractivity contribution in [1.29, 1.82) is 5.26 Å². The van der Waals surface area contributed by atoms with Crippen molar-refractivity contribution in [3.05, 3.63) is 70.7 Å². The van der Waals surface area contributed by atoms with Gasteiger partial charge in [-0.1, -0.05) is 31.2 Å². The van der Waals surface area contributed by atoms with E-state index in [0.29, 0.717) is 16.3 Å². The lowest BCUT2D eigenvalue weighted by Gasteiger charge is -2.06. The molecule has 2 amide bonds. The minimum Gasteiger partial charge on any atom is -0.360 e. The van der Waals surface area contributed by atoms with Crippen molar-refractivity contribution < 1.29 is 13.2 Å². The Morgan fingerprint density at radius 3 is 2.45 bits per heavy atom. The highest BCUT2D eigenvalue weighted by Crippen LogP contribution is 2.26. The SMILES string of the molecule is CCc1ccc(-c2csc(/C(C#N)=C\Nc3ccc(S(=O)(=O)NC(N)=O)cc3)n2)cc1. The summed E-state index contributed by atoms with van der Waals surface area (Å²) >= 11 is 1.36. The van der Waals surface area contributed by atoms with Gasteiger partial charge in [-0.2, -0.15) is 5.26 Å². The lowest BCUT2D eigenvalue weighted by atomic mass is 10.1. The van der Waals surface area contributed by atoms with Gasteiger partial charge in [0.2, 0.25) is 0 Å². The number of aryl methyl sites for hydroxylation is 1. The molecule has 8 nitrogen and oxygen atoms in total. The number of nitriles is 1. The van der Waals surface area contributed by atoms with E-state index in [-0.39, 0.29) is 4.90 Å². The average Bonchev–Trinajstić information content (AvgIpc) is 3.24. The zero-order valence-corrected chi connectivity index (χ0v) is 18.1. The zero-order chi connectivity index (χ0) is 22.4. The van der Waals surface area contributed by atoms with Crippen LogP contribution in [0.4, 0.5) is 10.5 Å². The first kappa shape index (κ1) is 22.0. The van der Waals surface area contributed by atoms with E-state index in [1.54, 1.807) is 4.72 Å². The highest BCUT2D eigenvalue weighted by Gasteiger charge is 2.15. The lowest BCUT2D eigenvalue weighted by Crippen LogP contribution is -2.34. The number of carbonyl (C=O) groups excluding carboxylic acids is 1. The number of amides is 2. The van der Waals surface area contributed by atoms with E-state index in [9.17, 15) is 18.5 Å². The van der Waals surface area contributed by atoms with Crippen LogP contribution in [0.2, 0.25) is 0 Å². The minimum absolute atomic E-state index is 0.111. The topological polar surface area (TPSA) is 138 Å². The predicted molar refractivity (Wildman–Crippen MR) is 120 cm³/mol. The van der Waals surface area contributed by atoms with Gasteiger partial charge in [0.1, 0.15) is 16.6 Å². The van der Waals surface area contributed by atoms with E-state index in [1.165, 1.54) is 47.4 Å². The summed E-state index contributed by atoms with van der Waals surface area (Å²) < 4.78 is 25.5. The fraction of sp³-hybridized carbons (Fsp3) is 0.0952. The van der Waals surface area contributed by atoms with E-state index < -0.39 is 16.1 Å². The molecule has 3 aromatic rings. The van der Waals surface area contributed by atoms with Gasteiger partial charge < -0.3 is 11.1 Å². The van der Waals surface area contributed by atoms with Crippen LogP contribution in [-0.4, -0.2) is 19.4 Å². The fourth-order valence-corrected chi connectivity index (χ4v) is 4.33. The number of thiazole rings is 1. The van der Waals surface area contributed by atoms with Gasteiger partial charge in [0.15, 0.2) is 0 Å². The molecule has 0 radical (unpaired) electrons. The molecule has 0 atom stereocenters. The molecule has 0 aliphatic heterocycles. The number of hydrogen-bond acceptors (Lipinski definition) is 7. The molecule has 0 aliphatic carbocycles. The third-order valence-electron chi connectivity index (χ3n) is 4.30. The monoisotopic (exact) mass is 453 g/mol. The number of anilines is 1. The molecule has 0 spiro atoms. The Labute approximate surface area is 184 Å².